The number of benzene rings is 2. The van der Waals surface area contributed by atoms with Gasteiger partial charge in [0.1, 0.15) is 17.3 Å². The van der Waals surface area contributed by atoms with Crippen molar-refractivity contribution in [2.24, 2.45) is 4.99 Å². The highest BCUT2D eigenvalue weighted by Gasteiger charge is 2.27. The molecule has 2 aromatic carbocycles. The first kappa shape index (κ1) is 24.8. The topological polar surface area (TPSA) is 68.8 Å². The molecule has 1 amide bonds. The zero-order valence-corrected chi connectivity index (χ0v) is 20.0. The lowest BCUT2D eigenvalue weighted by Gasteiger charge is -2.21. The first-order chi connectivity index (χ1) is 14.5. The maximum Gasteiger partial charge on any atom is 0.251 e. The fourth-order valence-corrected chi connectivity index (χ4v) is 3.51. The number of aryl methyl sites for hydroxylation is 1. The fraction of sp³-hybridized carbons (Fsp3) is 0.364. The van der Waals surface area contributed by atoms with Gasteiger partial charge >= 0.3 is 0 Å². The van der Waals surface area contributed by atoms with Gasteiger partial charge in [-0.1, -0.05) is 23.8 Å². The molecule has 0 saturated carbocycles. The van der Waals surface area contributed by atoms with Crippen molar-refractivity contribution in [3.8, 4) is 0 Å². The number of hydrogen-bond donors (Lipinski definition) is 3. The summed E-state index contributed by atoms with van der Waals surface area (Å²) in [7, 11) is 1.66. The quantitative estimate of drug-likeness (QED) is 0.227. The molecule has 3 rings (SSSR count). The number of carbonyl (C=O) groups excluding carboxylic acids is 1. The molecule has 1 heterocycles. The van der Waals surface area contributed by atoms with Crippen LogP contribution in [0.1, 0.15) is 22.3 Å². The number of rotatable bonds is 6. The zero-order valence-electron chi connectivity index (χ0n) is 17.6. The average molecular weight is 543 g/mol. The minimum Gasteiger partial charge on any atom is -0.365 e. The maximum absolute atomic E-state index is 14.0. The second-order valence-electron chi connectivity index (χ2n) is 7.27. The van der Waals surface area contributed by atoms with Crippen LogP contribution in [-0.2, 0) is 0 Å². The molecule has 9 heteroatoms. The smallest absolute Gasteiger partial charge is 0.251 e. The van der Waals surface area contributed by atoms with E-state index in [1.54, 1.807) is 18.0 Å². The third-order valence-corrected chi connectivity index (χ3v) is 4.99. The minimum atomic E-state index is -0.553. The molecule has 168 valence electrons. The van der Waals surface area contributed by atoms with Crippen LogP contribution >= 0.6 is 24.0 Å². The van der Waals surface area contributed by atoms with E-state index in [0.717, 1.165) is 12.0 Å². The summed E-state index contributed by atoms with van der Waals surface area (Å²) in [4.78, 5) is 18.1. The Kier molecular flexibility index (Phi) is 9.47. The van der Waals surface area contributed by atoms with Crippen LogP contribution in [0.3, 0.4) is 0 Å². The Morgan fingerprint density at radius 3 is 2.48 bits per heavy atom. The Labute approximate surface area is 198 Å². The lowest BCUT2D eigenvalue weighted by molar-refractivity contribution is 0.0954. The van der Waals surface area contributed by atoms with Crippen molar-refractivity contribution in [3.63, 3.8) is 0 Å². The molecule has 1 atom stereocenters. The second kappa shape index (κ2) is 11.8. The van der Waals surface area contributed by atoms with Crippen LogP contribution < -0.4 is 20.9 Å². The summed E-state index contributed by atoms with van der Waals surface area (Å²) >= 11 is 0. The number of guanidine groups is 1. The van der Waals surface area contributed by atoms with Crippen molar-refractivity contribution in [3.05, 3.63) is 65.2 Å². The van der Waals surface area contributed by atoms with Crippen molar-refractivity contribution >= 4 is 41.5 Å². The predicted octanol–water partition coefficient (Wildman–Crippen LogP) is 3.06. The van der Waals surface area contributed by atoms with Crippen LogP contribution in [0.4, 0.5) is 14.5 Å². The van der Waals surface area contributed by atoms with E-state index in [1.807, 2.05) is 25.1 Å². The monoisotopic (exact) mass is 543 g/mol. The molecule has 0 aromatic heterocycles. The van der Waals surface area contributed by atoms with Gasteiger partial charge in [0.25, 0.3) is 5.91 Å². The molecule has 0 radical (unpaired) electrons. The highest BCUT2D eigenvalue weighted by molar-refractivity contribution is 14.0. The highest BCUT2D eigenvalue weighted by Crippen LogP contribution is 2.26. The third kappa shape index (κ3) is 6.78. The van der Waals surface area contributed by atoms with Crippen molar-refractivity contribution < 1.29 is 13.6 Å². The standard InChI is InChI=1S/C22H27F2N5O.HI/c1-15-5-3-6-16(13-15)21(30)26-10-11-27-22(25-2)28-17-9-12-29(14-17)20-18(23)7-4-8-19(20)24;/h3-8,13,17H,9-12,14H2,1-2H3,(H,26,30)(H2,25,27,28);1H. The number of carbonyl (C=O) groups is 1. The van der Waals surface area contributed by atoms with E-state index in [2.05, 4.69) is 20.9 Å². The van der Waals surface area contributed by atoms with Crippen LogP contribution in [0.15, 0.2) is 47.5 Å². The normalized spacial score (nSPS) is 15.9. The number of nitrogens with zero attached hydrogens (tertiary/aromatic N) is 2. The SMILES string of the molecule is CN=C(NCCNC(=O)c1cccc(C)c1)NC1CCN(c2c(F)cccc2F)C1.I. The Balaban J connectivity index is 0.00000341. The van der Waals surface area contributed by atoms with Crippen LogP contribution in [0.25, 0.3) is 0 Å². The van der Waals surface area contributed by atoms with E-state index in [9.17, 15) is 13.6 Å². The van der Waals surface area contributed by atoms with Crippen molar-refractivity contribution in [2.45, 2.75) is 19.4 Å². The van der Waals surface area contributed by atoms with Gasteiger partial charge in [-0.3, -0.25) is 9.79 Å². The number of hydrogen-bond acceptors (Lipinski definition) is 3. The van der Waals surface area contributed by atoms with Gasteiger partial charge in [0.2, 0.25) is 0 Å². The molecule has 2 aromatic rings. The summed E-state index contributed by atoms with van der Waals surface area (Å²) in [6, 6.07) is 11.3. The number of nitrogens with one attached hydrogen (secondary N) is 3. The number of anilines is 1. The molecule has 1 aliphatic heterocycles. The van der Waals surface area contributed by atoms with E-state index in [0.29, 0.717) is 37.7 Å². The van der Waals surface area contributed by atoms with E-state index in [4.69, 9.17) is 0 Å². The first-order valence-electron chi connectivity index (χ1n) is 9.99. The summed E-state index contributed by atoms with van der Waals surface area (Å²) < 4.78 is 28.0. The average Bonchev–Trinajstić information content (AvgIpc) is 3.18. The van der Waals surface area contributed by atoms with Gasteiger partial charge in [0.05, 0.1) is 0 Å². The second-order valence-corrected chi connectivity index (χ2v) is 7.27. The van der Waals surface area contributed by atoms with Crippen molar-refractivity contribution in [2.75, 3.05) is 38.1 Å². The predicted molar refractivity (Wildman–Crippen MR) is 130 cm³/mol. The summed E-state index contributed by atoms with van der Waals surface area (Å²) in [5.74, 6) is -0.646. The van der Waals surface area contributed by atoms with Crippen LogP contribution in [-0.4, -0.2) is 51.1 Å². The van der Waals surface area contributed by atoms with Gasteiger partial charge in [0, 0.05) is 44.8 Å². The molecular formula is C22H28F2IN5O. The Morgan fingerprint density at radius 2 is 1.81 bits per heavy atom. The Hall–Kier alpha value is -2.43. The first-order valence-corrected chi connectivity index (χ1v) is 9.99. The van der Waals surface area contributed by atoms with Crippen LogP contribution in [0.2, 0.25) is 0 Å². The molecule has 3 N–H and O–H groups in total. The summed E-state index contributed by atoms with van der Waals surface area (Å²) in [5.41, 5.74) is 1.68. The lowest BCUT2D eigenvalue weighted by atomic mass is 10.1. The summed E-state index contributed by atoms with van der Waals surface area (Å²) in [6.45, 7) is 3.90. The minimum absolute atomic E-state index is 0. The molecule has 0 aliphatic carbocycles. The molecule has 0 spiro atoms. The van der Waals surface area contributed by atoms with Gasteiger partial charge in [-0.05, 0) is 37.6 Å². The Morgan fingerprint density at radius 1 is 1.13 bits per heavy atom. The van der Waals surface area contributed by atoms with Gasteiger partial charge in [-0.25, -0.2) is 8.78 Å². The van der Waals surface area contributed by atoms with Crippen molar-refractivity contribution in [1.29, 1.82) is 0 Å². The largest absolute Gasteiger partial charge is 0.365 e. The number of amides is 1. The van der Waals surface area contributed by atoms with Crippen molar-refractivity contribution in [1.82, 2.24) is 16.0 Å². The molecule has 0 bridgehead atoms. The van der Waals surface area contributed by atoms with Crippen LogP contribution in [0, 0.1) is 18.6 Å². The zero-order chi connectivity index (χ0) is 21.5. The molecular weight excluding hydrogens is 515 g/mol. The number of para-hydroxylation sites is 1. The third-order valence-electron chi connectivity index (χ3n) is 4.99. The van der Waals surface area contributed by atoms with Gasteiger partial charge < -0.3 is 20.9 Å². The summed E-state index contributed by atoms with van der Waals surface area (Å²) in [6.07, 6.45) is 0.735. The lowest BCUT2D eigenvalue weighted by Crippen LogP contribution is -2.46. The fourth-order valence-electron chi connectivity index (χ4n) is 3.51. The van der Waals surface area contributed by atoms with E-state index in [-0.39, 0.29) is 41.6 Å². The van der Waals surface area contributed by atoms with Gasteiger partial charge in [0.15, 0.2) is 5.96 Å². The van der Waals surface area contributed by atoms with Gasteiger partial charge in [-0.15, -0.1) is 24.0 Å². The molecule has 1 fully saturated rings. The molecule has 6 nitrogen and oxygen atoms in total. The highest BCUT2D eigenvalue weighted by atomic mass is 127. The Bertz CT molecular complexity index is 904. The van der Waals surface area contributed by atoms with E-state index >= 15 is 0 Å². The van der Waals surface area contributed by atoms with Crippen LogP contribution in [0.5, 0.6) is 0 Å². The number of halogens is 3. The molecule has 1 aliphatic rings. The molecule has 1 saturated heterocycles. The summed E-state index contributed by atoms with van der Waals surface area (Å²) in [5, 5.41) is 9.29. The maximum atomic E-state index is 14.0. The number of aliphatic imine (C=N–C) groups is 1. The van der Waals surface area contributed by atoms with Gasteiger partial charge in [-0.2, -0.15) is 0 Å². The van der Waals surface area contributed by atoms with E-state index < -0.39 is 11.6 Å². The van der Waals surface area contributed by atoms with E-state index in [1.165, 1.54) is 18.2 Å². The molecule has 31 heavy (non-hydrogen) atoms. The molecule has 1 unspecified atom stereocenters.